The van der Waals surface area contributed by atoms with Gasteiger partial charge in [-0.3, -0.25) is 14.4 Å². The van der Waals surface area contributed by atoms with Crippen LogP contribution >= 0.6 is 0 Å². The molecule has 0 spiro atoms. The predicted molar refractivity (Wildman–Crippen MR) is 115 cm³/mol. The van der Waals surface area contributed by atoms with Gasteiger partial charge in [0, 0.05) is 30.1 Å². The Bertz CT molecular complexity index is 819. The third-order valence-electron chi connectivity index (χ3n) is 6.37. The number of nitrogens with one attached hydrogen (secondary N) is 1. The van der Waals surface area contributed by atoms with Gasteiger partial charge < -0.3 is 10.1 Å². The molecular formula is C23H34N4O2. The molecule has 2 aliphatic rings. The lowest BCUT2D eigenvalue weighted by atomic mass is 9.89. The van der Waals surface area contributed by atoms with Crippen molar-refractivity contribution in [3.05, 3.63) is 30.0 Å². The van der Waals surface area contributed by atoms with Crippen LogP contribution in [0.1, 0.15) is 62.9 Å². The monoisotopic (exact) mass is 398 g/mol. The Labute approximate surface area is 173 Å². The number of rotatable bonds is 8. The van der Waals surface area contributed by atoms with E-state index in [1.165, 1.54) is 12.8 Å². The number of carbonyl (C=O) groups excluding carboxylic acids is 1. The highest BCUT2D eigenvalue weighted by molar-refractivity contribution is 6.05. The summed E-state index contributed by atoms with van der Waals surface area (Å²) in [6.07, 6.45) is 6.53. The Kier molecular flexibility index (Phi) is 6.50. The zero-order chi connectivity index (χ0) is 20.2. The summed E-state index contributed by atoms with van der Waals surface area (Å²) in [5.74, 6) is -0.0394. The summed E-state index contributed by atoms with van der Waals surface area (Å²) in [6.45, 7) is 7.96. The number of unbranched alkanes of at least 4 members (excludes halogenated alkanes) is 2. The van der Waals surface area contributed by atoms with Gasteiger partial charge in [0.2, 0.25) is 0 Å². The molecule has 158 valence electrons. The average Bonchev–Trinajstić information content (AvgIpc) is 3.09. The van der Waals surface area contributed by atoms with Crippen molar-refractivity contribution in [3.8, 4) is 0 Å². The van der Waals surface area contributed by atoms with Crippen LogP contribution in [0.15, 0.2) is 24.3 Å². The van der Waals surface area contributed by atoms with E-state index in [0.29, 0.717) is 17.8 Å². The summed E-state index contributed by atoms with van der Waals surface area (Å²) >= 11 is 0. The number of hydrogen-bond donors (Lipinski definition) is 1. The number of amides is 1. The second-order valence-corrected chi connectivity index (χ2v) is 8.52. The van der Waals surface area contributed by atoms with Crippen LogP contribution in [-0.4, -0.2) is 58.5 Å². The van der Waals surface area contributed by atoms with Gasteiger partial charge in [0.1, 0.15) is 0 Å². The largest absolute Gasteiger partial charge is 0.378 e. The second kappa shape index (κ2) is 9.26. The molecule has 0 aliphatic carbocycles. The van der Waals surface area contributed by atoms with E-state index in [4.69, 9.17) is 4.74 Å². The number of nitrogens with zero attached hydrogens (tertiary/aromatic N) is 3. The minimum absolute atomic E-state index is 0.0394. The first-order valence-electron chi connectivity index (χ1n) is 11.3. The maximum absolute atomic E-state index is 13.2. The van der Waals surface area contributed by atoms with Crippen LogP contribution in [0.3, 0.4) is 0 Å². The Morgan fingerprint density at radius 1 is 1.10 bits per heavy atom. The van der Waals surface area contributed by atoms with Crippen LogP contribution in [0.4, 0.5) is 0 Å². The molecule has 2 bridgehead atoms. The molecule has 6 nitrogen and oxygen atoms in total. The molecule has 0 radical (unpaired) electrons. The number of benzene rings is 1. The van der Waals surface area contributed by atoms with Crippen molar-refractivity contribution >= 4 is 16.8 Å². The van der Waals surface area contributed by atoms with Gasteiger partial charge in [0.05, 0.1) is 18.7 Å². The minimum atomic E-state index is -0.0394. The number of hydrogen-bond acceptors (Lipinski definition) is 4. The fourth-order valence-electron chi connectivity index (χ4n) is 4.84. The van der Waals surface area contributed by atoms with Crippen LogP contribution in [0.5, 0.6) is 0 Å². The van der Waals surface area contributed by atoms with Crippen molar-refractivity contribution in [1.29, 1.82) is 0 Å². The normalized spacial score (nSPS) is 24.7. The third kappa shape index (κ3) is 4.33. The predicted octanol–water partition coefficient (Wildman–Crippen LogP) is 3.60. The van der Waals surface area contributed by atoms with Crippen molar-refractivity contribution in [1.82, 2.24) is 20.0 Å². The van der Waals surface area contributed by atoms with Gasteiger partial charge in [0.15, 0.2) is 5.69 Å². The van der Waals surface area contributed by atoms with Crippen LogP contribution in [0, 0.1) is 0 Å². The smallest absolute Gasteiger partial charge is 0.272 e. The topological polar surface area (TPSA) is 59.4 Å². The van der Waals surface area contributed by atoms with Gasteiger partial charge in [-0.25, -0.2) is 0 Å². The van der Waals surface area contributed by atoms with Gasteiger partial charge in [0.25, 0.3) is 5.91 Å². The van der Waals surface area contributed by atoms with E-state index < -0.39 is 0 Å². The van der Waals surface area contributed by atoms with E-state index in [2.05, 4.69) is 35.2 Å². The second-order valence-electron chi connectivity index (χ2n) is 8.52. The van der Waals surface area contributed by atoms with Crippen molar-refractivity contribution in [3.63, 3.8) is 0 Å². The first kappa shape index (κ1) is 20.4. The molecule has 1 aromatic heterocycles. The van der Waals surface area contributed by atoms with Crippen molar-refractivity contribution in [2.75, 3.05) is 19.8 Å². The number of piperidine rings is 1. The molecule has 6 heteroatoms. The quantitative estimate of drug-likeness (QED) is 0.738. The first-order valence-corrected chi connectivity index (χ1v) is 11.3. The molecule has 1 unspecified atom stereocenters. The summed E-state index contributed by atoms with van der Waals surface area (Å²) < 4.78 is 7.80. The molecule has 4 rings (SSSR count). The number of morpholine rings is 1. The number of fused-ring (bicyclic) bond motifs is 3. The fourth-order valence-corrected chi connectivity index (χ4v) is 4.84. The molecule has 1 amide bonds. The van der Waals surface area contributed by atoms with E-state index in [0.717, 1.165) is 62.9 Å². The highest BCUT2D eigenvalue weighted by Gasteiger charge is 2.39. The lowest BCUT2D eigenvalue weighted by Gasteiger charge is -2.48. The molecule has 2 fully saturated rings. The molecule has 3 atom stereocenters. The van der Waals surface area contributed by atoms with Gasteiger partial charge >= 0.3 is 0 Å². The van der Waals surface area contributed by atoms with Gasteiger partial charge in [-0.15, -0.1) is 0 Å². The van der Waals surface area contributed by atoms with E-state index >= 15 is 0 Å². The zero-order valence-corrected chi connectivity index (χ0v) is 17.8. The summed E-state index contributed by atoms with van der Waals surface area (Å²) in [5, 5.41) is 8.94. The SMILES string of the molecule is CCCCN1[C@@H]2COC[C@H]1CC(NC(=O)c1nn(CCCC)c3ccccc13)C2. The maximum Gasteiger partial charge on any atom is 0.272 e. The zero-order valence-electron chi connectivity index (χ0n) is 17.8. The number of aromatic nitrogens is 2. The number of ether oxygens (including phenoxy) is 1. The third-order valence-corrected chi connectivity index (χ3v) is 6.37. The van der Waals surface area contributed by atoms with E-state index in [-0.39, 0.29) is 11.9 Å². The van der Waals surface area contributed by atoms with Gasteiger partial charge in [-0.2, -0.15) is 5.10 Å². The maximum atomic E-state index is 13.2. The van der Waals surface area contributed by atoms with E-state index in [9.17, 15) is 4.79 Å². The Morgan fingerprint density at radius 3 is 2.52 bits per heavy atom. The summed E-state index contributed by atoms with van der Waals surface area (Å²) in [5.41, 5.74) is 1.61. The highest BCUT2D eigenvalue weighted by Crippen LogP contribution is 2.28. The minimum Gasteiger partial charge on any atom is -0.378 e. The number of para-hydroxylation sites is 1. The fraction of sp³-hybridized carbons (Fsp3) is 0.652. The Balaban J connectivity index is 1.47. The molecule has 1 aromatic carbocycles. The molecule has 2 aromatic rings. The lowest BCUT2D eigenvalue weighted by molar-refractivity contribution is -0.0802. The lowest BCUT2D eigenvalue weighted by Crippen LogP contribution is -2.60. The number of carbonyl (C=O) groups is 1. The van der Waals surface area contributed by atoms with Crippen molar-refractivity contribution in [2.45, 2.75) is 77.0 Å². The molecule has 3 heterocycles. The van der Waals surface area contributed by atoms with Crippen LogP contribution in [0.25, 0.3) is 10.9 Å². The average molecular weight is 399 g/mol. The Hall–Kier alpha value is -1.92. The molecule has 2 saturated heterocycles. The van der Waals surface area contributed by atoms with E-state index in [1.54, 1.807) is 0 Å². The molecule has 2 aliphatic heterocycles. The summed E-state index contributed by atoms with van der Waals surface area (Å²) in [4.78, 5) is 15.8. The summed E-state index contributed by atoms with van der Waals surface area (Å²) in [7, 11) is 0. The van der Waals surface area contributed by atoms with Crippen molar-refractivity contribution < 1.29 is 9.53 Å². The Morgan fingerprint density at radius 2 is 1.79 bits per heavy atom. The van der Waals surface area contributed by atoms with Crippen LogP contribution in [0.2, 0.25) is 0 Å². The molecular weight excluding hydrogens is 364 g/mol. The highest BCUT2D eigenvalue weighted by atomic mass is 16.5. The van der Waals surface area contributed by atoms with Crippen molar-refractivity contribution in [2.24, 2.45) is 0 Å². The van der Waals surface area contributed by atoms with Gasteiger partial charge in [-0.1, -0.05) is 44.9 Å². The number of aryl methyl sites for hydroxylation is 1. The van der Waals surface area contributed by atoms with Crippen LogP contribution < -0.4 is 5.32 Å². The van der Waals surface area contributed by atoms with Crippen LogP contribution in [-0.2, 0) is 11.3 Å². The summed E-state index contributed by atoms with van der Waals surface area (Å²) in [6, 6.07) is 9.09. The van der Waals surface area contributed by atoms with Gasteiger partial charge in [-0.05, 0) is 38.3 Å². The molecule has 0 saturated carbocycles. The molecule has 29 heavy (non-hydrogen) atoms. The standard InChI is InChI=1S/C23H34N4O2/c1-3-5-11-26-18-13-17(14-19(26)16-29-15-18)24-23(28)22-20-9-7-8-10-21(20)27(25-22)12-6-4-2/h7-10,17-19H,3-6,11-16H2,1-2H3,(H,24,28)/t17?,18-,19+. The first-order chi connectivity index (χ1) is 14.2. The molecule has 1 N–H and O–H groups in total. The van der Waals surface area contributed by atoms with E-state index in [1.807, 2.05) is 22.9 Å².